The molecule has 0 bridgehead atoms. The number of anilines is 1. The summed E-state index contributed by atoms with van der Waals surface area (Å²) in [5.41, 5.74) is 5.82. The van der Waals surface area contributed by atoms with Gasteiger partial charge in [-0.05, 0) is 62.4 Å². The Balaban J connectivity index is 2.07. The van der Waals surface area contributed by atoms with Crippen LogP contribution in [0, 0.1) is 19.8 Å². The Morgan fingerprint density at radius 3 is 2.50 bits per heavy atom. The molecule has 2 aliphatic heterocycles. The van der Waals surface area contributed by atoms with Gasteiger partial charge in [0.05, 0.1) is 0 Å². The van der Waals surface area contributed by atoms with Crippen molar-refractivity contribution in [3.63, 3.8) is 0 Å². The molecule has 2 aliphatic rings. The van der Waals surface area contributed by atoms with E-state index in [4.69, 9.17) is 0 Å². The summed E-state index contributed by atoms with van der Waals surface area (Å²) in [6, 6.07) is 5.17. The topological polar surface area (TPSA) is 15.3 Å². The molecule has 3 rings (SSSR count). The fraction of sp³-hybridized carbons (Fsp3) is 0.625. The van der Waals surface area contributed by atoms with Crippen molar-refractivity contribution in [3.8, 4) is 0 Å². The molecule has 1 N–H and O–H groups in total. The van der Waals surface area contributed by atoms with Gasteiger partial charge < -0.3 is 5.32 Å². The summed E-state index contributed by atoms with van der Waals surface area (Å²) in [6.45, 7) is 10.5. The van der Waals surface area contributed by atoms with E-state index in [1.807, 2.05) is 0 Å². The van der Waals surface area contributed by atoms with Crippen LogP contribution in [0.2, 0.25) is 0 Å². The zero-order valence-corrected chi connectivity index (χ0v) is 11.8. The molecule has 98 valence electrons. The van der Waals surface area contributed by atoms with Crippen LogP contribution in [-0.2, 0) is 0 Å². The predicted octanol–water partition coefficient (Wildman–Crippen LogP) is 3.50. The standard InChI is InChI=1S/C16H24N2/c1-11-6-7-12(2)15-14(11)16(13(3)10-17-15)18-8-4-5-9-18/h6-7,13,16-17H,4-5,8-10H2,1-3H3. The molecule has 1 aromatic rings. The largest absolute Gasteiger partial charge is 0.384 e. The van der Waals surface area contributed by atoms with Crippen molar-refractivity contribution in [2.24, 2.45) is 5.92 Å². The molecule has 0 spiro atoms. The first-order chi connectivity index (χ1) is 8.68. The molecule has 2 unspecified atom stereocenters. The van der Waals surface area contributed by atoms with Crippen LogP contribution >= 0.6 is 0 Å². The lowest BCUT2D eigenvalue weighted by Gasteiger charge is -2.40. The normalized spacial score (nSPS) is 27.9. The Morgan fingerprint density at radius 1 is 1.11 bits per heavy atom. The second kappa shape index (κ2) is 4.58. The lowest BCUT2D eigenvalue weighted by atomic mass is 9.84. The van der Waals surface area contributed by atoms with E-state index in [2.05, 4.69) is 43.1 Å². The second-order valence-corrected chi connectivity index (χ2v) is 6.03. The maximum absolute atomic E-state index is 3.65. The van der Waals surface area contributed by atoms with E-state index in [0.717, 1.165) is 6.54 Å². The summed E-state index contributed by atoms with van der Waals surface area (Å²) >= 11 is 0. The van der Waals surface area contributed by atoms with Crippen molar-refractivity contribution in [2.75, 3.05) is 25.0 Å². The smallest absolute Gasteiger partial charge is 0.0421 e. The molecule has 0 aromatic heterocycles. The van der Waals surface area contributed by atoms with Gasteiger partial charge in [-0.1, -0.05) is 19.1 Å². The highest BCUT2D eigenvalue weighted by atomic mass is 15.2. The van der Waals surface area contributed by atoms with Crippen LogP contribution in [0.25, 0.3) is 0 Å². The quantitative estimate of drug-likeness (QED) is 0.813. The second-order valence-electron chi connectivity index (χ2n) is 6.03. The molecule has 0 saturated carbocycles. The minimum atomic E-state index is 0.628. The van der Waals surface area contributed by atoms with Gasteiger partial charge in [0.15, 0.2) is 0 Å². The van der Waals surface area contributed by atoms with Crippen LogP contribution in [0.5, 0.6) is 0 Å². The summed E-state index contributed by atoms with van der Waals surface area (Å²) in [5.74, 6) is 0.705. The van der Waals surface area contributed by atoms with Crippen molar-refractivity contribution in [1.82, 2.24) is 4.90 Å². The third-order valence-electron chi connectivity index (χ3n) is 4.64. The molecular weight excluding hydrogens is 220 g/mol. The highest BCUT2D eigenvalue weighted by Gasteiger charge is 2.34. The first-order valence-corrected chi connectivity index (χ1v) is 7.26. The summed E-state index contributed by atoms with van der Waals surface area (Å²) < 4.78 is 0. The lowest BCUT2D eigenvalue weighted by Crippen LogP contribution is -2.37. The Bertz CT molecular complexity index is 447. The SMILES string of the molecule is Cc1ccc(C)c2c1NCC(C)C2N1CCCC1. The molecule has 1 aromatic carbocycles. The molecule has 1 saturated heterocycles. The Labute approximate surface area is 110 Å². The van der Waals surface area contributed by atoms with E-state index in [-0.39, 0.29) is 0 Å². The number of fused-ring (bicyclic) bond motifs is 1. The summed E-state index contributed by atoms with van der Waals surface area (Å²) in [4.78, 5) is 2.71. The number of hydrogen-bond acceptors (Lipinski definition) is 2. The van der Waals surface area contributed by atoms with E-state index in [1.54, 1.807) is 5.56 Å². The lowest BCUT2D eigenvalue weighted by molar-refractivity contribution is 0.185. The number of hydrogen-bond donors (Lipinski definition) is 1. The average molecular weight is 244 g/mol. The summed E-state index contributed by atoms with van der Waals surface area (Å²) in [6.07, 6.45) is 2.74. The van der Waals surface area contributed by atoms with Gasteiger partial charge in [0.2, 0.25) is 0 Å². The van der Waals surface area contributed by atoms with Crippen LogP contribution in [0.3, 0.4) is 0 Å². The van der Waals surface area contributed by atoms with Crippen molar-refractivity contribution in [3.05, 3.63) is 28.8 Å². The van der Waals surface area contributed by atoms with Crippen molar-refractivity contribution in [2.45, 2.75) is 39.7 Å². The third-order valence-corrected chi connectivity index (χ3v) is 4.64. The first kappa shape index (κ1) is 12.0. The Morgan fingerprint density at radius 2 is 1.78 bits per heavy atom. The van der Waals surface area contributed by atoms with Gasteiger partial charge in [-0.3, -0.25) is 4.90 Å². The number of benzene rings is 1. The summed E-state index contributed by atoms with van der Waals surface area (Å²) in [7, 11) is 0. The Hall–Kier alpha value is -1.02. The van der Waals surface area contributed by atoms with Gasteiger partial charge in [0.1, 0.15) is 0 Å². The van der Waals surface area contributed by atoms with Crippen molar-refractivity contribution >= 4 is 5.69 Å². The van der Waals surface area contributed by atoms with Gasteiger partial charge in [0.25, 0.3) is 0 Å². The minimum absolute atomic E-state index is 0.628. The van der Waals surface area contributed by atoms with Gasteiger partial charge in [-0.25, -0.2) is 0 Å². The van der Waals surface area contributed by atoms with E-state index in [0.29, 0.717) is 12.0 Å². The van der Waals surface area contributed by atoms with E-state index < -0.39 is 0 Å². The molecule has 2 nitrogen and oxygen atoms in total. The molecule has 0 aliphatic carbocycles. The van der Waals surface area contributed by atoms with Gasteiger partial charge >= 0.3 is 0 Å². The fourth-order valence-electron chi connectivity index (χ4n) is 3.67. The average Bonchev–Trinajstić information content (AvgIpc) is 2.87. The highest BCUT2D eigenvalue weighted by molar-refractivity contribution is 5.63. The van der Waals surface area contributed by atoms with E-state index in [1.165, 1.54) is 42.7 Å². The van der Waals surface area contributed by atoms with Gasteiger partial charge in [0, 0.05) is 18.3 Å². The minimum Gasteiger partial charge on any atom is -0.384 e. The predicted molar refractivity (Wildman–Crippen MR) is 77.1 cm³/mol. The fourth-order valence-corrected chi connectivity index (χ4v) is 3.67. The maximum Gasteiger partial charge on any atom is 0.0421 e. The Kier molecular flexibility index (Phi) is 3.06. The molecule has 1 fully saturated rings. The number of nitrogens with one attached hydrogen (secondary N) is 1. The number of rotatable bonds is 1. The number of aryl methyl sites for hydroxylation is 2. The molecule has 2 heterocycles. The zero-order valence-electron chi connectivity index (χ0n) is 11.8. The highest BCUT2D eigenvalue weighted by Crippen LogP contribution is 2.42. The zero-order chi connectivity index (χ0) is 12.7. The van der Waals surface area contributed by atoms with Crippen LogP contribution in [0.15, 0.2) is 12.1 Å². The van der Waals surface area contributed by atoms with Crippen LogP contribution in [0.4, 0.5) is 5.69 Å². The summed E-state index contributed by atoms with van der Waals surface area (Å²) in [5, 5.41) is 3.65. The van der Waals surface area contributed by atoms with E-state index in [9.17, 15) is 0 Å². The maximum atomic E-state index is 3.65. The molecular formula is C16H24N2. The van der Waals surface area contributed by atoms with Gasteiger partial charge in [-0.15, -0.1) is 0 Å². The number of likely N-dealkylation sites (tertiary alicyclic amines) is 1. The van der Waals surface area contributed by atoms with Gasteiger partial charge in [-0.2, -0.15) is 0 Å². The molecule has 2 atom stereocenters. The van der Waals surface area contributed by atoms with Crippen molar-refractivity contribution < 1.29 is 0 Å². The van der Waals surface area contributed by atoms with Crippen LogP contribution in [-0.4, -0.2) is 24.5 Å². The monoisotopic (exact) mass is 244 g/mol. The molecule has 0 amide bonds. The number of nitrogens with zero attached hydrogens (tertiary/aromatic N) is 1. The third kappa shape index (κ3) is 1.83. The van der Waals surface area contributed by atoms with E-state index >= 15 is 0 Å². The first-order valence-electron chi connectivity index (χ1n) is 7.26. The molecule has 18 heavy (non-hydrogen) atoms. The van der Waals surface area contributed by atoms with Crippen LogP contribution < -0.4 is 5.32 Å². The van der Waals surface area contributed by atoms with Crippen molar-refractivity contribution in [1.29, 1.82) is 0 Å². The molecule has 2 heteroatoms. The van der Waals surface area contributed by atoms with Crippen LogP contribution in [0.1, 0.15) is 42.5 Å². The molecule has 0 radical (unpaired) electrons.